The van der Waals surface area contributed by atoms with Crippen LogP contribution in [0.15, 0.2) is 18.2 Å². The van der Waals surface area contributed by atoms with Gasteiger partial charge in [-0.15, -0.1) is 0 Å². The minimum atomic E-state index is -4.54. The predicted octanol–water partition coefficient (Wildman–Crippen LogP) is 1.69. The third-order valence-corrected chi connectivity index (χ3v) is 2.19. The highest BCUT2D eigenvalue weighted by atomic mass is 19.4. The van der Waals surface area contributed by atoms with Crippen molar-refractivity contribution >= 4 is 11.6 Å². The van der Waals surface area contributed by atoms with Crippen molar-refractivity contribution in [1.82, 2.24) is 0 Å². The van der Waals surface area contributed by atoms with Gasteiger partial charge in [-0.25, -0.2) is 0 Å². The average molecular weight is 217 g/mol. The zero-order valence-electron chi connectivity index (χ0n) is 7.30. The van der Waals surface area contributed by atoms with Crippen LogP contribution in [0.4, 0.5) is 18.9 Å². The van der Waals surface area contributed by atoms with Gasteiger partial charge in [-0.05, 0) is 6.07 Å². The number of hydrogen-bond acceptors (Lipinski definition) is 2. The molecule has 1 aromatic rings. The van der Waals surface area contributed by atoms with Gasteiger partial charge in [0.1, 0.15) is 0 Å². The van der Waals surface area contributed by atoms with E-state index >= 15 is 0 Å². The highest BCUT2D eigenvalue weighted by Crippen LogP contribution is 2.41. The molecule has 6 heteroatoms. The lowest BCUT2D eigenvalue weighted by molar-refractivity contribution is -0.136. The van der Waals surface area contributed by atoms with Crippen molar-refractivity contribution in [1.29, 1.82) is 0 Å². The van der Waals surface area contributed by atoms with E-state index < -0.39 is 23.8 Å². The van der Waals surface area contributed by atoms with Gasteiger partial charge in [0.15, 0.2) is 6.10 Å². The Morgan fingerprint density at radius 3 is 2.60 bits per heavy atom. The van der Waals surface area contributed by atoms with E-state index in [-0.39, 0.29) is 11.3 Å². The molecular formula is C9H6F3NO2. The molecule has 0 aliphatic carbocycles. The molecule has 2 rings (SSSR count). The minimum Gasteiger partial charge on any atom is -0.378 e. The Morgan fingerprint density at radius 1 is 1.33 bits per heavy atom. The number of hydrogen-bond donors (Lipinski definition) is 2. The van der Waals surface area contributed by atoms with Crippen LogP contribution in [0, 0.1) is 0 Å². The lowest BCUT2D eigenvalue weighted by Crippen LogP contribution is -2.12. The van der Waals surface area contributed by atoms with E-state index in [0.717, 1.165) is 12.1 Å². The fourth-order valence-electron chi connectivity index (χ4n) is 1.51. The zero-order valence-corrected chi connectivity index (χ0v) is 7.30. The number of alkyl halides is 3. The second kappa shape index (κ2) is 2.96. The average Bonchev–Trinajstić information content (AvgIpc) is 2.41. The van der Waals surface area contributed by atoms with Crippen LogP contribution in [-0.4, -0.2) is 11.0 Å². The van der Waals surface area contributed by atoms with Crippen molar-refractivity contribution in [2.75, 3.05) is 5.32 Å². The molecule has 0 bridgehead atoms. The molecule has 0 aromatic heterocycles. The van der Waals surface area contributed by atoms with Gasteiger partial charge < -0.3 is 10.4 Å². The fraction of sp³-hybridized carbons (Fsp3) is 0.222. The molecule has 0 spiro atoms. The molecule has 0 saturated carbocycles. The van der Waals surface area contributed by atoms with E-state index in [1.165, 1.54) is 6.07 Å². The summed E-state index contributed by atoms with van der Waals surface area (Å²) in [5, 5.41) is 11.3. The number of rotatable bonds is 0. The number of carbonyl (C=O) groups excluding carboxylic acids is 1. The molecule has 1 unspecified atom stereocenters. The van der Waals surface area contributed by atoms with Gasteiger partial charge in [0.05, 0.1) is 11.3 Å². The molecule has 1 heterocycles. The van der Waals surface area contributed by atoms with Crippen LogP contribution in [0.25, 0.3) is 0 Å². The summed E-state index contributed by atoms with van der Waals surface area (Å²) in [5.74, 6) is -0.832. The molecular weight excluding hydrogens is 211 g/mol. The van der Waals surface area contributed by atoms with Gasteiger partial charge in [0.25, 0.3) is 5.91 Å². The number of benzene rings is 1. The number of aliphatic hydroxyl groups excluding tert-OH is 1. The van der Waals surface area contributed by atoms with Crippen molar-refractivity contribution in [3.8, 4) is 0 Å². The van der Waals surface area contributed by atoms with Crippen molar-refractivity contribution < 1.29 is 23.1 Å². The van der Waals surface area contributed by atoms with Crippen LogP contribution in [0.3, 0.4) is 0 Å². The molecule has 3 nitrogen and oxygen atoms in total. The molecule has 0 fully saturated rings. The Hall–Kier alpha value is -1.56. The summed E-state index contributed by atoms with van der Waals surface area (Å²) in [6.45, 7) is 0. The largest absolute Gasteiger partial charge is 0.418 e. The summed E-state index contributed by atoms with van der Waals surface area (Å²) in [4.78, 5) is 11.0. The first-order valence-electron chi connectivity index (χ1n) is 4.10. The van der Waals surface area contributed by atoms with Gasteiger partial charge in [-0.3, -0.25) is 4.79 Å². The maximum Gasteiger partial charge on any atom is 0.418 e. The van der Waals surface area contributed by atoms with Crippen LogP contribution >= 0.6 is 0 Å². The molecule has 1 aliphatic rings. The first kappa shape index (κ1) is 9.97. The van der Waals surface area contributed by atoms with Crippen LogP contribution in [0.1, 0.15) is 17.2 Å². The number of fused-ring (bicyclic) bond motifs is 1. The number of anilines is 1. The summed E-state index contributed by atoms with van der Waals surface area (Å²) in [6, 6.07) is 3.30. The lowest BCUT2D eigenvalue weighted by Gasteiger charge is -2.10. The lowest BCUT2D eigenvalue weighted by atomic mass is 10.1. The van der Waals surface area contributed by atoms with Gasteiger partial charge in [0.2, 0.25) is 0 Å². The quantitative estimate of drug-likeness (QED) is 0.694. The Bertz CT molecular complexity index is 428. The SMILES string of the molecule is O=C1Nc2c(cccc2C(F)(F)F)C1O. The highest BCUT2D eigenvalue weighted by molar-refractivity contribution is 6.02. The Balaban J connectivity index is 2.60. The van der Waals surface area contributed by atoms with Crippen molar-refractivity contribution in [2.45, 2.75) is 12.3 Å². The van der Waals surface area contributed by atoms with Crippen LogP contribution in [0.5, 0.6) is 0 Å². The van der Waals surface area contributed by atoms with Gasteiger partial charge in [-0.1, -0.05) is 12.1 Å². The first-order valence-corrected chi connectivity index (χ1v) is 4.10. The van der Waals surface area contributed by atoms with Crippen molar-refractivity contribution in [3.63, 3.8) is 0 Å². The molecule has 0 saturated heterocycles. The number of carbonyl (C=O) groups is 1. The van der Waals surface area contributed by atoms with E-state index in [9.17, 15) is 23.1 Å². The summed E-state index contributed by atoms with van der Waals surface area (Å²) in [7, 11) is 0. The van der Waals surface area contributed by atoms with Gasteiger partial charge >= 0.3 is 6.18 Å². The van der Waals surface area contributed by atoms with E-state index in [2.05, 4.69) is 0 Å². The molecule has 1 aromatic carbocycles. The molecule has 0 radical (unpaired) electrons. The standard InChI is InChI=1S/C9H6F3NO2/c10-9(11,12)5-3-1-2-4-6(5)13-8(15)7(4)14/h1-3,7,14H,(H,13,15). The molecule has 15 heavy (non-hydrogen) atoms. The zero-order chi connectivity index (χ0) is 11.2. The second-order valence-electron chi connectivity index (χ2n) is 3.16. The summed E-state index contributed by atoms with van der Waals surface area (Å²) in [6.07, 6.45) is -6.05. The molecule has 1 amide bonds. The van der Waals surface area contributed by atoms with E-state index in [4.69, 9.17) is 0 Å². The number of amides is 1. The van der Waals surface area contributed by atoms with Crippen LogP contribution in [-0.2, 0) is 11.0 Å². The minimum absolute atomic E-state index is 0.0326. The smallest absolute Gasteiger partial charge is 0.378 e. The highest BCUT2D eigenvalue weighted by Gasteiger charge is 2.39. The summed E-state index contributed by atoms with van der Waals surface area (Å²) in [5.41, 5.74) is -1.32. The topological polar surface area (TPSA) is 49.3 Å². The van der Waals surface area contributed by atoms with Crippen molar-refractivity contribution in [3.05, 3.63) is 29.3 Å². The van der Waals surface area contributed by atoms with Gasteiger partial charge in [0, 0.05) is 5.56 Å². The third-order valence-electron chi connectivity index (χ3n) is 2.19. The number of nitrogens with one attached hydrogen (secondary N) is 1. The number of halogens is 3. The Morgan fingerprint density at radius 2 is 2.00 bits per heavy atom. The van der Waals surface area contributed by atoms with Crippen molar-refractivity contribution in [2.24, 2.45) is 0 Å². The maximum atomic E-state index is 12.5. The Kier molecular flexibility index (Phi) is 1.97. The normalized spacial score (nSPS) is 20.0. The Labute approximate surface area is 82.5 Å². The molecule has 1 atom stereocenters. The number of para-hydroxylation sites is 1. The van der Waals surface area contributed by atoms with E-state index in [1.54, 1.807) is 0 Å². The van der Waals surface area contributed by atoms with Crippen LogP contribution in [0.2, 0.25) is 0 Å². The summed E-state index contributed by atoms with van der Waals surface area (Å²) >= 11 is 0. The second-order valence-corrected chi connectivity index (χ2v) is 3.16. The van der Waals surface area contributed by atoms with E-state index in [1.807, 2.05) is 5.32 Å². The summed E-state index contributed by atoms with van der Waals surface area (Å²) < 4.78 is 37.4. The maximum absolute atomic E-state index is 12.5. The molecule has 80 valence electrons. The number of aliphatic hydroxyl groups is 1. The monoisotopic (exact) mass is 217 g/mol. The molecule has 2 N–H and O–H groups in total. The first-order chi connectivity index (χ1) is 6.91. The third kappa shape index (κ3) is 1.46. The van der Waals surface area contributed by atoms with Gasteiger partial charge in [-0.2, -0.15) is 13.2 Å². The fourth-order valence-corrected chi connectivity index (χ4v) is 1.51. The van der Waals surface area contributed by atoms with E-state index in [0.29, 0.717) is 0 Å². The van der Waals surface area contributed by atoms with Crippen LogP contribution < -0.4 is 5.32 Å². The molecule has 1 aliphatic heterocycles. The predicted molar refractivity (Wildman–Crippen MR) is 45.0 cm³/mol.